The van der Waals surface area contributed by atoms with E-state index in [0.29, 0.717) is 17.1 Å². The van der Waals surface area contributed by atoms with Crippen molar-refractivity contribution < 1.29 is 24.1 Å². The van der Waals surface area contributed by atoms with Crippen LogP contribution < -0.4 is 20.3 Å². The molecular weight excluding hydrogens is 644 g/mol. The molecule has 4 aromatic carbocycles. The van der Waals surface area contributed by atoms with Gasteiger partial charge in [-0.2, -0.15) is 0 Å². The SMILES string of the molecule is C[C@@H]1[C@H](CN2CCN(c3ncccn3)CC2)O[C@H](c2cccc(NC(=O)Nc3ccc(Oc4ccccc4)cc3)c2)O[C@@H]1c1ccc(CO)cc1. The van der Waals surface area contributed by atoms with Gasteiger partial charge in [-0.25, -0.2) is 14.8 Å². The summed E-state index contributed by atoms with van der Waals surface area (Å²) < 4.78 is 19.3. The molecule has 0 unspecified atom stereocenters. The number of carbonyl (C=O) groups is 1. The number of carbonyl (C=O) groups excluding carboxylic acids is 1. The molecule has 51 heavy (non-hydrogen) atoms. The number of nitrogens with zero attached hydrogens (tertiary/aromatic N) is 4. The lowest BCUT2D eigenvalue weighted by Crippen LogP contribution is -2.51. The van der Waals surface area contributed by atoms with E-state index in [4.69, 9.17) is 14.2 Å². The zero-order valence-corrected chi connectivity index (χ0v) is 28.5. The van der Waals surface area contributed by atoms with Crippen molar-refractivity contribution >= 4 is 23.4 Å². The van der Waals surface area contributed by atoms with Gasteiger partial charge in [0.15, 0.2) is 6.29 Å². The van der Waals surface area contributed by atoms with Gasteiger partial charge in [-0.1, -0.05) is 61.5 Å². The van der Waals surface area contributed by atoms with Crippen LogP contribution in [0.2, 0.25) is 0 Å². The maximum Gasteiger partial charge on any atom is 0.323 e. The van der Waals surface area contributed by atoms with E-state index in [1.807, 2.05) is 97.1 Å². The second-order valence-electron chi connectivity index (χ2n) is 12.8. The van der Waals surface area contributed by atoms with Crippen LogP contribution >= 0.6 is 0 Å². The summed E-state index contributed by atoms with van der Waals surface area (Å²) in [7, 11) is 0. The third-order valence-electron chi connectivity index (χ3n) is 9.28. The smallest absolute Gasteiger partial charge is 0.323 e. The molecule has 0 aliphatic carbocycles. The molecule has 3 heterocycles. The second kappa shape index (κ2) is 16.1. The van der Waals surface area contributed by atoms with Crippen molar-refractivity contribution in [2.24, 2.45) is 5.92 Å². The van der Waals surface area contributed by atoms with E-state index >= 15 is 0 Å². The summed E-state index contributed by atoms with van der Waals surface area (Å²) >= 11 is 0. The summed E-state index contributed by atoms with van der Waals surface area (Å²) in [6.07, 6.45) is 2.53. The fraction of sp³-hybridized carbons (Fsp3) is 0.275. The Balaban J connectivity index is 1.02. The second-order valence-corrected chi connectivity index (χ2v) is 12.8. The average molecular weight is 687 g/mol. The Morgan fingerprint density at radius 1 is 0.784 bits per heavy atom. The van der Waals surface area contributed by atoms with Gasteiger partial charge in [-0.05, 0) is 65.7 Å². The molecule has 2 aliphatic rings. The van der Waals surface area contributed by atoms with E-state index in [9.17, 15) is 9.90 Å². The number of para-hydroxylation sites is 1. The van der Waals surface area contributed by atoms with Crippen LogP contribution in [0, 0.1) is 5.92 Å². The van der Waals surface area contributed by atoms with Crippen LogP contribution in [-0.4, -0.2) is 64.8 Å². The number of ether oxygens (including phenoxy) is 3. The number of piperazine rings is 1. The highest BCUT2D eigenvalue weighted by Crippen LogP contribution is 2.42. The third-order valence-corrected chi connectivity index (χ3v) is 9.28. The maximum absolute atomic E-state index is 13.0. The maximum atomic E-state index is 13.0. The summed E-state index contributed by atoms with van der Waals surface area (Å²) in [5.74, 6) is 2.22. The largest absolute Gasteiger partial charge is 0.457 e. The van der Waals surface area contributed by atoms with Crippen LogP contribution in [0.1, 0.15) is 36.0 Å². The number of urea groups is 1. The van der Waals surface area contributed by atoms with Gasteiger partial charge in [0.2, 0.25) is 5.95 Å². The number of anilines is 3. The van der Waals surface area contributed by atoms with Crippen molar-refractivity contribution in [1.82, 2.24) is 14.9 Å². The lowest BCUT2D eigenvalue weighted by molar-refractivity contribution is -0.276. The van der Waals surface area contributed by atoms with E-state index in [2.05, 4.69) is 37.3 Å². The van der Waals surface area contributed by atoms with Crippen LogP contribution in [0.4, 0.5) is 22.1 Å². The minimum Gasteiger partial charge on any atom is -0.457 e. The fourth-order valence-corrected chi connectivity index (χ4v) is 6.45. The van der Waals surface area contributed by atoms with Gasteiger partial charge < -0.3 is 34.9 Å². The van der Waals surface area contributed by atoms with Crippen molar-refractivity contribution in [3.63, 3.8) is 0 Å². The first-order valence-corrected chi connectivity index (χ1v) is 17.3. The topological polar surface area (TPSA) is 121 Å². The van der Waals surface area contributed by atoms with Crippen molar-refractivity contribution in [2.75, 3.05) is 48.3 Å². The molecule has 11 nitrogen and oxygen atoms in total. The van der Waals surface area contributed by atoms with E-state index < -0.39 is 6.29 Å². The van der Waals surface area contributed by atoms with Crippen molar-refractivity contribution in [2.45, 2.75) is 32.0 Å². The lowest BCUT2D eigenvalue weighted by atomic mass is 9.90. The molecule has 1 aromatic heterocycles. The molecule has 5 aromatic rings. The van der Waals surface area contributed by atoms with Crippen molar-refractivity contribution in [3.8, 4) is 11.5 Å². The average Bonchev–Trinajstić information content (AvgIpc) is 3.17. The predicted molar refractivity (Wildman–Crippen MR) is 196 cm³/mol. The van der Waals surface area contributed by atoms with Crippen LogP contribution in [-0.2, 0) is 16.1 Å². The summed E-state index contributed by atoms with van der Waals surface area (Å²) in [5, 5.41) is 15.5. The Labute approximate surface area is 297 Å². The highest BCUT2D eigenvalue weighted by atomic mass is 16.7. The Morgan fingerprint density at radius 3 is 2.22 bits per heavy atom. The number of aliphatic hydroxyl groups is 1. The standard InChI is InChI=1S/C40H42N6O5/c1-28-36(26-45-21-23-46(24-22-45)39-41-19-6-20-42-39)50-38(51-37(28)30-13-11-29(27-47)12-14-30)31-7-5-8-33(25-31)44-40(48)43-32-15-17-35(18-16-32)49-34-9-3-2-4-10-34/h2-20,25,28,36-38,47H,21-24,26-27H2,1H3,(H2,43,44,48)/t28-,36+,37+,38+/m1/s1. The molecule has 11 heteroatoms. The van der Waals surface area contributed by atoms with Gasteiger partial charge in [-0.15, -0.1) is 0 Å². The molecular formula is C40H42N6O5. The van der Waals surface area contributed by atoms with E-state index in [0.717, 1.165) is 61.1 Å². The molecule has 7 rings (SSSR count). The van der Waals surface area contributed by atoms with Crippen molar-refractivity contribution in [3.05, 3.63) is 138 Å². The quantitative estimate of drug-likeness (QED) is 0.142. The first-order valence-electron chi connectivity index (χ1n) is 17.3. The monoisotopic (exact) mass is 686 g/mol. The Bertz CT molecular complexity index is 1850. The number of rotatable bonds is 10. The number of benzene rings is 4. The molecule has 2 fully saturated rings. The molecule has 0 saturated carbocycles. The zero-order chi connectivity index (χ0) is 35.0. The highest BCUT2D eigenvalue weighted by molar-refractivity contribution is 5.99. The van der Waals surface area contributed by atoms with Crippen LogP contribution in [0.25, 0.3) is 0 Å². The molecule has 0 spiro atoms. The van der Waals surface area contributed by atoms with Gasteiger partial charge >= 0.3 is 6.03 Å². The number of amides is 2. The van der Waals surface area contributed by atoms with E-state index in [1.165, 1.54) is 0 Å². The summed E-state index contributed by atoms with van der Waals surface area (Å²) in [4.78, 5) is 26.5. The number of hydrogen-bond donors (Lipinski definition) is 3. The van der Waals surface area contributed by atoms with E-state index in [1.54, 1.807) is 24.5 Å². The van der Waals surface area contributed by atoms with Gasteiger partial charge in [0, 0.05) is 68.0 Å². The molecule has 262 valence electrons. The molecule has 0 radical (unpaired) electrons. The number of aliphatic hydroxyl groups excluding tert-OH is 1. The number of hydrogen-bond acceptors (Lipinski definition) is 9. The summed E-state index contributed by atoms with van der Waals surface area (Å²) in [6.45, 7) is 6.29. The third kappa shape index (κ3) is 8.70. The van der Waals surface area contributed by atoms with E-state index in [-0.39, 0.29) is 30.8 Å². The van der Waals surface area contributed by atoms with Crippen molar-refractivity contribution in [1.29, 1.82) is 0 Å². The zero-order valence-electron chi connectivity index (χ0n) is 28.5. The Kier molecular flexibility index (Phi) is 10.8. The Hall–Kier alpha value is -5.33. The van der Waals surface area contributed by atoms with Crippen LogP contribution in [0.5, 0.6) is 11.5 Å². The number of aromatic nitrogens is 2. The fourth-order valence-electron chi connectivity index (χ4n) is 6.45. The summed E-state index contributed by atoms with van der Waals surface area (Å²) in [6, 6.07) is 33.7. The summed E-state index contributed by atoms with van der Waals surface area (Å²) in [5.41, 5.74) is 3.92. The van der Waals surface area contributed by atoms with Crippen LogP contribution in [0.3, 0.4) is 0 Å². The molecule has 4 atom stereocenters. The highest BCUT2D eigenvalue weighted by Gasteiger charge is 2.39. The predicted octanol–water partition coefficient (Wildman–Crippen LogP) is 7.02. The Morgan fingerprint density at radius 2 is 1.49 bits per heavy atom. The molecule has 0 bridgehead atoms. The molecule has 3 N–H and O–H groups in total. The van der Waals surface area contributed by atoms with Gasteiger partial charge in [0.25, 0.3) is 0 Å². The number of nitrogens with one attached hydrogen (secondary N) is 2. The van der Waals surface area contributed by atoms with Gasteiger partial charge in [0.1, 0.15) is 11.5 Å². The van der Waals surface area contributed by atoms with Gasteiger partial charge in [-0.3, -0.25) is 4.90 Å². The van der Waals surface area contributed by atoms with Crippen LogP contribution in [0.15, 0.2) is 122 Å². The molecule has 2 aliphatic heterocycles. The minimum atomic E-state index is -0.658. The first-order chi connectivity index (χ1) is 25.0. The first kappa shape index (κ1) is 34.1. The molecule has 2 saturated heterocycles. The minimum absolute atomic E-state index is 0.0168. The molecule has 2 amide bonds. The van der Waals surface area contributed by atoms with Gasteiger partial charge in [0.05, 0.1) is 18.8 Å². The normalized spacial score (nSPS) is 20.8. The lowest BCUT2D eigenvalue weighted by Gasteiger charge is -2.44.